The van der Waals surface area contributed by atoms with Gasteiger partial charge >= 0.3 is 5.97 Å². The number of thiol groups is 1. The van der Waals surface area contributed by atoms with Crippen LogP contribution in [-0.2, 0) is 4.79 Å². The van der Waals surface area contributed by atoms with Crippen molar-refractivity contribution in [3.8, 4) is 0 Å². The second-order valence-corrected chi connectivity index (χ2v) is 11.3. The first-order chi connectivity index (χ1) is 12.2. The standard InChI is InChI=1S/C22H35FO2S/c1-20-9-4-3-5-14(20)13-17(23)19-15(20)6-10-21(2)16(19)7-11-22(21,26)12-8-18(24)25/h14-17,19,26H,3-13H2,1-2H3,(H,24,25). The minimum absolute atomic E-state index is 0.0189. The number of fused-ring (bicyclic) bond motifs is 5. The van der Waals surface area contributed by atoms with Crippen molar-refractivity contribution in [1.82, 2.24) is 0 Å². The summed E-state index contributed by atoms with van der Waals surface area (Å²) in [5, 5.41) is 9.17. The fourth-order valence-electron chi connectivity index (χ4n) is 8.04. The number of hydrogen-bond acceptors (Lipinski definition) is 2. The molecule has 2 nitrogen and oxygen atoms in total. The van der Waals surface area contributed by atoms with Crippen molar-refractivity contribution < 1.29 is 14.3 Å². The first kappa shape index (κ1) is 19.1. The highest BCUT2D eigenvalue weighted by Crippen LogP contribution is 2.70. The minimum atomic E-state index is -0.738. The molecule has 26 heavy (non-hydrogen) atoms. The fourth-order valence-corrected chi connectivity index (χ4v) is 8.56. The molecule has 0 radical (unpaired) electrons. The molecule has 0 aromatic carbocycles. The van der Waals surface area contributed by atoms with Gasteiger partial charge in [0.2, 0.25) is 0 Å². The van der Waals surface area contributed by atoms with Gasteiger partial charge in [-0.2, -0.15) is 12.6 Å². The van der Waals surface area contributed by atoms with Crippen LogP contribution in [0, 0.1) is 34.5 Å². The van der Waals surface area contributed by atoms with Gasteiger partial charge in [-0.25, -0.2) is 4.39 Å². The Morgan fingerprint density at radius 2 is 1.85 bits per heavy atom. The summed E-state index contributed by atoms with van der Waals surface area (Å²) in [4.78, 5) is 11.1. The Balaban J connectivity index is 1.62. The number of carboxylic acids is 1. The molecule has 4 aliphatic carbocycles. The number of aliphatic carboxylic acids is 1. The third kappa shape index (κ3) is 2.60. The number of carbonyl (C=O) groups is 1. The van der Waals surface area contributed by atoms with Gasteiger partial charge in [-0.15, -0.1) is 0 Å². The van der Waals surface area contributed by atoms with Gasteiger partial charge in [0, 0.05) is 11.2 Å². The Bertz CT molecular complexity index is 582. The molecule has 0 amide bonds. The average molecular weight is 383 g/mol. The van der Waals surface area contributed by atoms with Crippen LogP contribution in [0.4, 0.5) is 4.39 Å². The lowest BCUT2D eigenvalue weighted by Crippen LogP contribution is -2.58. The summed E-state index contributed by atoms with van der Waals surface area (Å²) >= 11 is 5.08. The van der Waals surface area contributed by atoms with E-state index in [0.717, 1.165) is 32.1 Å². The Kier molecular flexibility index (Phi) is 4.69. The van der Waals surface area contributed by atoms with Crippen LogP contribution in [0.15, 0.2) is 0 Å². The van der Waals surface area contributed by atoms with Gasteiger partial charge in [0.1, 0.15) is 6.17 Å². The van der Waals surface area contributed by atoms with Crippen LogP contribution in [0.25, 0.3) is 0 Å². The van der Waals surface area contributed by atoms with Crippen molar-refractivity contribution in [2.24, 2.45) is 34.5 Å². The molecule has 4 fully saturated rings. The third-order valence-electron chi connectivity index (χ3n) is 9.63. The SMILES string of the molecule is CC12CCCCC1CC(F)C1C2CCC2(C)C1CCC2(S)CCC(=O)O. The Morgan fingerprint density at radius 1 is 1.12 bits per heavy atom. The van der Waals surface area contributed by atoms with Gasteiger partial charge in [-0.05, 0) is 85.9 Å². The van der Waals surface area contributed by atoms with Crippen LogP contribution in [0.3, 0.4) is 0 Å². The maximum absolute atomic E-state index is 15.5. The molecule has 4 heteroatoms. The average Bonchev–Trinajstić information content (AvgIpc) is 2.86. The van der Waals surface area contributed by atoms with Gasteiger partial charge in [0.15, 0.2) is 0 Å². The summed E-state index contributed by atoms with van der Waals surface area (Å²) in [6.07, 6.45) is 10.2. The minimum Gasteiger partial charge on any atom is -0.481 e. The van der Waals surface area contributed by atoms with Crippen LogP contribution in [0.2, 0.25) is 0 Å². The predicted octanol–water partition coefficient (Wildman–Crippen LogP) is 5.90. The van der Waals surface area contributed by atoms with E-state index in [1.165, 1.54) is 25.7 Å². The topological polar surface area (TPSA) is 37.3 Å². The van der Waals surface area contributed by atoms with E-state index in [-0.39, 0.29) is 22.5 Å². The number of carboxylic acid groups (broad SMARTS) is 1. The predicted molar refractivity (Wildman–Crippen MR) is 105 cm³/mol. The van der Waals surface area contributed by atoms with Crippen LogP contribution < -0.4 is 0 Å². The number of rotatable bonds is 3. The lowest BCUT2D eigenvalue weighted by molar-refractivity contribution is -0.143. The second kappa shape index (κ2) is 6.39. The zero-order valence-electron chi connectivity index (χ0n) is 16.3. The molecule has 8 atom stereocenters. The first-order valence-corrected chi connectivity index (χ1v) is 11.2. The lowest BCUT2D eigenvalue weighted by atomic mass is 9.44. The zero-order chi connectivity index (χ0) is 18.7. The van der Waals surface area contributed by atoms with E-state index >= 15 is 4.39 Å². The molecule has 4 rings (SSSR count). The molecule has 0 spiro atoms. The molecule has 4 aliphatic rings. The molecule has 8 unspecified atom stereocenters. The summed E-state index contributed by atoms with van der Waals surface area (Å²) in [7, 11) is 0. The molecule has 0 aliphatic heterocycles. The van der Waals surface area contributed by atoms with Gasteiger partial charge in [0.05, 0.1) is 0 Å². The molecule has 0 heterocycles. The normalized spacial score (nSPS) is 53.5. The highest BCUT2D eigenvalue weighted by molar-refractivity contribution is 7.81. The van der Waals surface area contributed by atoms with Crippen molar-refractivity contribution in [2.45, 2.75) is 95.4 Å². The molecule has 1 N–H and O–H groups in total. The smallest absolute Gasteiger partial charge is 0.303 e. The fraction of sp³-hybridized carbons (Fsp3) is 0.955. The maximum Gasteiger partial charge on any atom is 0.303 e. The summed E-state index contributed by atoms with van der Waals surface area (Å²) in [6, 6.07) is 0. The second-order valence-electron chi connectivity index (χ2n) is 10.4. The van der Waals surface area contributed by atoms with Crippen LogP contribution in [0.5, 0.6) is 0 Å². The quantitative estimate of drug-likeness (QED) is 0.596. The van der Waals surface area contributed by atoms with Crippen LogP contribution >= 0.6 is 12.6 Å². The monoisotopic (exact) mass is 382 g/mol. The van der Waals surface area contributed by atoms with Crippen molar-refractivity contribution in [3.63, 3.8) is 0 Å². The molecule has 148 valence electrons. The van der Waals surface area contributed by atoms with Crippen molar-refractivity contribution >= 4 is 18.6 Å². The van der Waals surface area contributed by atoms with E-state index in [1.54, 1.807) is 0 Å². The van der Waals surface area contributed by atoms with Crippen molar-refractivity contribution in [3.05, 3.63) is 0 Å². The van der Waals surface area contributed by atoms with Crippen molar-refractivity contribution in [2.75, 3.05) is 0 Å². The van der Waals surface area contributed by atoms with Gasteiger partial charge < -0.3 is 5.11 Å². The van der Waals surface area contributed by atoms with E-state index in [9.17, 15) is 4.79 Å². The first-order valence-electron chi connectivity index (χ1n) is 10.8. The maximum atomic E-state index is 15.5. The lowest BCUT2D eigenvalue weighted by Gasteiger charge is -2.62. The van der Waals surface area contributed by atoms with E-state index < -0.39 is 12.1 Å². The molecular formula is C22H35FO2S. The van der Waals surface area contributed by atoms with E-state index in [0.29, 0.717) is 29.6 Å². The Morgan fingerprint density at radius 3 is 2.58 bits per heavy atom. The molecule has 0 bridgehead atoms. The summed E-state index contributed by atoms with van der Waals surface area (Å²) < 4.78 is 15.3. The number of alkyl halides is 1. The Hall–Kier alpha value is -0.250. The molecule has 0 aromatic heterocycles. The number of halogens is 1. The van der Waals surface area contributed by atoms with Gasteiger partial charge in [-0.1, -0.05) is 26.7 Å². The highest BCUT2D eigenvalue weighted by atomic mass is 32.1. The molecular weight excluding hydrogens is 347 g/mol. The van der Waals surface area contributed by atoms with Crippen LogP contribution in [0.1, 0.15) is 84.5 Å². The molecule has 0 saturated heterocycles. The van der Waals surface area contributed by atoms with Crippen molar-refractivity contribution in [1.29, 1.82) is 0 Å². The highest BCUT2D eigenvalue weighted by Gasteiger charge is 2.65. The summed E-state index contributed by atoms with van der Waals surface area (Å²) in [6.45, 7) is 4.77. The van der Waals surface area contributed by atoms with E-state index in [1.807, 2.05) is 0 Å². The van der Waals surface area contributed by atoms with Gasteiger partial charge in [-0.3, -0.25) is 4.79 Å². The van der Waals surface area contributed by atoms with Gasteiger partial charge in [0.25, 0.3) is 0 Å². The summed E-state index contributed by atoms with van der Waals surface area (Å²) in [5.41, 5.74) is 0.310. The molecule has 0 aromatic rings. The number of hydrogen-bond donors (Lipinski definition) is 2. The zero-order valence-corrected chi connectivity index (χ0v) is 17.2. The third-order valence-corrected chi connectivity index (χ3v) is 10.6. The molecule has 4 saturated carbocycles. The van der Waals surface area contributed by atoms with E-state index in [4.69, 9.17) is 17.7 Å². The summed E-state index contributed by atoms with van der Waals surface area (Å²) in [5.74, 6) is 0.905. The largest absolute Gasteiger partial charge is 0.481 e. The van der Waals surface area contributed by atoms with Crippen LogP contribution in [-0.4, -0.2) is 22.0 Å². The Labute approximate surface area is 163 Å². The van der Waals surface area contributed by atoms with E-state index in [2.05, 4.69) is 13.8 Å².